The molecule has 0 unspecified atom stereocenters. The summed E-state index contributed by atoms with van der Waals surface area (Å²) in [6.07, 6.45) is 0. The molecule has 0 saturated carbocycles. The summed E-state index contributed by atoms with van der Waals surface area (Å²) in [5, 5.41) is 15.8. The third-order valence-electron chi connectivity index (χ3n) is 2.39. The van der Waals surface area contributed by atoms with Crippen LogP contribution in [0.1, 0.15) is 5.56 Å². The molecule has 0 radical (unpaired) electrons. The van der Waals surface area contributed by atoms with Crippen molar-refractivity contribution >= 4 is 21.9 Å². The molecule has 0 N–H and O–H groups in total. The number of methoxy groups -OCH3 is 1. The van der Waals surface area contributed by atoms with Crippen LogP contribution in [0.4, 0.5) is 5.95 Å². The molecule has 1 heterocycles. The minimum absolute atomic E-state index is 0.135. The van der Waals surface area contributed by atoms with Crippen LogP contribution in [0.2, 0.25) is 0 Å². The van der Waals surface area contributed by atoms with Gasteiger partial charge in [-0.1, -0.05) is 12.1 Å². The number of hydrogen-bond acceptors (Lipinski definition) is 5. The Morgan fingerprint density at radius 2 is 2.06 bits per heavy atom. The molecule has 0 fully saturated rings. The van der Waals surface area contributed by atoms with Gasteiger partial charge in [0.15, 0.2) is 4.73 Å². The second kappa shape index (κ2) is 5.36. The minimum atomic E-state index is 0.135. The summed E-state index contributed by atoms with van der Waals surface area (Å²) in [5.41, 5.74) is 1.04. The summed E-state index contributed by atoms with van der Waals surface area (Å²) >= 11 is 3.27. The molecule has 0 aliphatic rings. The smallest absolute Gasteiger partial charge is 0.234 e. The van der Waals surface area contributed by atoms with Gasteiger partial charge in [-0.25, -0.2) is 4.68 Å². The number of halogens is 1. The Bertz CT molecular complexity index is 524. The lowest BCUT2D eigenvalue weighted by Crippen LogP contribution is -2.09. The van der Waals surface area contributed by atoms with E-state index in [0.29, 0.717) is 16.3 Å². The van der Waals surface area contributed by atoms with E-state index in [9.17, 15) is 5.21 Å². The van der Waals surface area contributed by atoms with Crippen molar-refractivity contribution in [2.24, 2.45) is 0 Å². The van der Waals surface area contributed by atoms with E-state index in [4.69, 9.17) is 4.74 Å². The monoisotopic (exact) mass is 311 g/mol. The number of aromatic nitrogens is 3. The van der Waals surface area contributed by atoms with Gasteiger partial charge in [-0.3, -0.25) is 0 Å². The van der Waals surface area contributed by atoms with Crippen molar-refractivity contribution in [2.45, 2.75) is 6.54 Å². The average molecular weight is 312 g/mol. The van der Waals surface area contributed by atoms with E-state index in [2.05, 4.69) is 26.0 Å². The predicted molar refractivity (Wildman–Crippen MR) is 71.6 cm³/mol. The zero-order valence-corrected chi connectivity index (χ0v) is 11.6. The maximum atomic E-state index is 11.1. The van der Waals surface area contributed by atoms with Crippen LogP contribution in [0, 0.1) is 5.21 Å². The fourth-order valence-corrected chi connectivity index (χ4v) is 1.81. The van der Waals surface area contributed by atoms with Crippen LogP contribution in [0.25, 0.3) is 0 Å². The largest absolute Gasteiger partial charge is 0.756 e. The number of anilines is 1. The molecular formula is C11H12BrN4O2-. The third-order valence-corrected chi connectivity index (χ3v) is 2.98. The molecule has 0 aliphatic carbocycles. The molecule has 96 valence electrons. The Hall–Kier alpha value is -1.60. The van der Waals surface area contributed by atoms with Crippen LogP contribution >= 0.6 is 15.9 Å². The second-order valence-corrected chi connectivity index (χ2v) is 4.39. The van der Waals surface area contributed by atoms with Crippen LogP contribution in [0.5, 0.6) is 5.75 Å². The first-order valence-electron chi connectivity index (χ1n) is 5.24. The van der Waals surface area contributed by atoms with E-state index < -0.39 is 0 Å². The van der Waals surface area contributed by atoms with Crippen LogP contribution in [-0.2, 0) is 6.54 Å². The second-order valence-electron chi connectivity index (χ2n) is 3.68. The Balaban J connectivity index is 2.17. The van der Waals surface area contributed by atoms with Gasteiger partial charge in [0, 0.05) is 0 Å². The molecular weight excluding hydrogens is 300 g/mol. The lowest BCUT2D eigenvalue weighted by molar-refractivity contribution is 0.414. The minimum Gasteiger partial charge on any atom is -0.756 e. The lowest BCUT2D eigenvalue weighted by atomic mass is 10.2. The van der Waals surface area contributed by atoms with Gasteiger partial charge < -0.3 is 15.0 Å². The molecule has 0 amide bonds. The molecule has 18 heavy (non-hydrogen) atoms. The van der Waals surface area contributed by atoms with Gasteiger partial charge in [-0.15, -0.1) is 5.10 Å². The number of rotatable bonds is 4. The van der Waals surface area contributed by atoms with Gasteiger partial charge in [-0.05, 0) is 40.7 Å². The summed E-state index contributed by atoms with van der Waals surface area (Å²) in [5.74, 6) is 0.937. The van der Waals surface area contributed by atoms with Gasteiger partial charge in [0.25, 0.3) is 0 Å². The van der Waals surface area contributed by atoms with E-state index in [1.165, 1.54) is 7.05 Å². The third kappa shape index (κ3) is 2.80. The molecule has 1 aromatic heterocycles. The molecule has 1 aromatic carbocycles. The van der Waals surface area contributed by atoms with Crippen molar-refractivity contribution in [2.75, 3.05) is 19.2 Å². The topological polar surface area (TPSA) is 66.2 Å². The van der Waals surface area contributed by atoms with Crippen molar-refractivity contribution in [1.29, 1.82) is 0 Å². The normalized spacial score (nSPS) is 10.4. The Morgan fingerprint density at radius 3 is 2.56 bits per heavy atom. The Kier molecular flexibility index (Phi) is 3.83. The predicted octanol–water partition coefficient (Wildman–Crippen LogP) is 2.03. The molecule has 0 atom stereocenters. The fourth-order valence-electron chi connectivity index (χ4n) is 1.45. The van der Waals surface area contributed by atoms with Crippen molar-refractivity contribution in [1.82, 2.24) is 14.8 Å². The van der Waals surface area contributed by atoms with Crippen LogP contribution in [0.15, 0.2) is 29.0 Å². The Labute approximate surface area is 113 Å². The molecule has 0 aliphatic heterocycles. The highest BCUT2D eigenvalue weighted by Gasteiger charge is 2.07. The van der Waals surface area contributed by atoms with Crippen LogP contribution in [-0.4, -0.2) is 28.9 Å². The van der Waals surface area contributed by atoms with Gasteiger partial charge in [-0.2, -0.15) is 4.98 Å². The maximum Gasteiger partial charge on any atom is 0.234 e. The van der Waals surface area contributed by atoms with E-state index in [-0.39, 0.29) is 5.95 Å². The van der Waals surface area contributed by atoms with Gasteiger partial charge >= 0.3 is 0 Å². The Morgan fingerprint density at radius 1 is 1.39 bits per heavy atom. The first-order valence-corrected chi connectivity index (χ1v) is 6.03. The summed E-state index contributed by atoms with van der Waals surface area (Å²) in [7, 11) is 2.98. The van der Waals surface area contributed by atoms with E-state index in [1.807, 2.05) is 24.3 Å². The van der Waals surface area contributed by atoms with Crippen LogP contribution < -0.4 is 9.80 Å². The molecule has 0 bridgehead atoms. The first-order chi connectivity index (χ1) is 8.60. The number of hydroxylamine groups is 1. The van der Waals surface area contributed by atoms with E-state index in [1.54, 1.807) is 11.8 Å². The molecule has 6 nitrogen and oxygen atoms in total. The highest BCUT2D eigenvalue weighted by atomic mass is 79.9. The highest BCUT2D eigenvalue weighted by molar-refractivity contribution is 9.10. The van der Waals surface area contributed by atoms with E-state index >= 15 is 0 Å². The summed E-state index contributed by atoms with van der Waals surface area (Å²) < 4.78 is 7.23. The summed E-state index contributed by atoms with van der Waals surface area (Å²) in [6, 6.07) is 7.63. The van der Waals surface area contributed by atoms with Crippen molar-refractivity contribution in [3.63, 3.8) is 0 Å². The van der Waals surface area contributed by atoms with E-state index in [0.717, 1.165) is 11.3 Å². The van der Waals surface area contributed by atoms with Gasteiger partial charge in [0.2, 0.25) is 5.95 Å². The van der Waals surface area contributed by atoms with Crippen molar-refractivity contribution in [3.05, 3.63) is 39.8 Å². The van der Waals surface area contributed by atoms with Crippen molar-refractivity contribution in [3.8, 4) is 5.75 Å². The standard InChI is InChI=1S/C11H12BrN4O2/c1-15(17)11-13-10(12)16(14-11)7-8-3-5-9(18-2)6-4-8/h3-6H,7H2,1-2H3/q-1. The molecule has 7 heteroatoms. The molecule has 0 spiro atoms. The fraction of sp³-hybridized carbons (Fsp3) is 0.273. The highest BCUT2D eigenvalue weighted by Crippen LogP contribution is 2.16. The van der Waals surface area contributed by atoms with Gasteiger partial charge in [0.05, 0.1) is 13.7 Å². The zero-order valence-electron chi connectivity index (χ0n) is 10.00. The SMILES string of the molecule is COc1ccc(Cn2nc(N(C)[O-])nc2Br)cc1. The quantitative estimate of drug-likeness (QED) is 0.808. The number of benzene rings is 1. The first kappa shape index (κ1) is 12.8. The van der Waals surface area contributed by atoms with Gasteiger partial charge in [0.1, 0.15) is 5.75 Å². The molecule has 2 aromatic rings. The summed E-state index contributed by atoms with van der Waals surface area (Å²) in [6.45, 7) is 0.533. The number of nitrogens with zero attached hydrogens (tertiary/aromatic N) is 4. The molecule has 0 saturated heterocycles. The summed E-state index contributed by atoms with van der Waals surface area (Å²) in [4.78, 5) is 4.00. The van der Waals surface area contributed by atoms with Crippen molar-refractivity contribution < 1.29 is 4.74 Å². The number of hydrogen-bond donors (Lipinski definition) is 0. The zero-order chi connectivity index (χ0) is 13.1. The lowest BCUT2D eigenvalue weighted by Gasteiger charge is -2.18. The maximum absolute atomic E-state index is 11.1. The molecule has 2 rings (SSSR count). The number of ether oxygens (including phenoxy) is 1. The van der Waals surface area contributed by atoms with Crippen LogP contribution in [0.3, 0.4) is 0 Å². The average Bonchev–Trinajstić information content (AvgIpc) is 2.72.